The van der Waals surface area contributed by atoms with E-state index in [1.807, 2.05) is 0 Å². The van der Waals surface area contributed by atoms with Gasteiger partial charge in [0.1, 0.15) is 5.76 Å². The van der Waals surface area contributed by atoms with Crippen molar-refractivity contribution in [1.29, 1.82) is 0 Å². The molecule has 0 radical (unpaired) electrons. The third kappa shape index (κ3) is 3.47. The Kier molecular flexibility index (Phi) is 4.33. The first-order valence-corrected chi connectivity index (χ1v) is 9.14. The highest BCUT2D eigenvalue weighted by Gasteiger charge is 2.25. The van der Waals surface area contributed by atoms with Crippen LogP contribution < -0.4 is 5.32 Å². The maximum absolute atomic E-state index is 11.7. The molecule has 25 heavy (non-hydrogen) atoms. The van der Waals surface area contributed by atoms with Crippen LogP contribution in [0.2, 0.25) is 0 Å². The molecule has 1 saturated heterocycles. The van der Waals surface area contributed by atoms with Crippen molar-refractivity contribution in [1.82, 2.24) is 10.3 Å². The molecule has 126 valence electrons. The maximum atomic E-state index is 11.7. The lowest BCUT2D eigenvalue weighted by Gasteiger charge is -2.15. The molecule has 1 aliphatic heterocycles. The lowest BCUT2D eigenvalue weighted by atomic mass is 9.90. The predicted molar refractivity (Wildman–Crippen MR) is 96.6 cm³/mol. The van der Waals surface area contributed by atoms with Crippen LogP contribution in [0.3, 0.4) is 0 Å². The first-order chi connectivity index (χ1) is 12.2. The molecule has 0 bridgehead atoms. The van der Waals surface area contributed by atoms with Gasteiger partial charge in [-0.1, -0.05) is 31.1 Å². The third-order valence-corrected chi connectivity index (χ3v) is 5.18. The molecule has 0 atom stereocenters. The van der Waals surface area contributed by atoms with E-state index in [2.05, 4.69) is 22.1 Å². The fourth-order valence-electron chi connectivity index (χ4n) is 3.12. The summed E-state index contributed by atoms with van der Waals surface area (Å²) < 4.78 is 5.86. The summed E-state index contributed by atoms with van der Waals surface area (Å²) in [6.07, 6.45) is 11.1. The number of nitrogens with zero attached hydrogens (tertiary/aromatic N) is 1. The number of amides is 2. The second-order valence-electron chi connectivity index (χ2n) is 6.21. The summed E-state index contributed by atoms with van der Waals surface area (Å²) in [7, 11) is 0. The van der Waals surface area contributed by atoms with Gasteiger partial charge in [0.05, 0.1) is 10.5 Å². The summed E-state index contributed by atoms with van der Waals surface area (Å²) in [4.78, 5) is 27.5. The van der Waals surface area contributed by atoms with Crippen LogP contribution in [0.5, 0.6) is 0 Å². The van der Waals surface area contributed by atoms with E-state index >= 15 is 0 Å². The van der Waals surface area contributed by atoms with Gasteiger partial charge in [0, 0.05) is 29.8 Å². The van der Waals surface area contributed by atoms with Gasteiger partial charge < -0.3 is 4.42 Å². The molecule has 1 aliphatic carbocycles. The van der Waals surface area contributed by atoms with E-state index in [0.29, 0.717) is 22.2 Å². The zero-order valence-corrected chi connectivity index (χ0v) is 14.3. The minimum Gasteiger partial charge on any atom is -0.455 e. The van der Waals surface area contributed by atoms with Gasteiger partial charge in [0.2, 0.25) is 0 Å². The van der Waals surface area contributed by atoms with Gasteiger partial charge in [-0.3, -0.25) is 19.9 Å². The monoisotopic (exact) mass is 352 g/mol. The normalized spacial score (nSPS) is 19.9. The predicted octanol–water partition coefficient (Wildman–Crippen LogP) is 4.08. The number of furan rings is 1. The Labute approximate surface area is 149 Å². The molecule has 2 fully saturated rings. The topological polar surface area (TPSA) is 72.2 Å². The largest absolute Gasteiger partial charge is 0.455 e. The quantitative estimate of drug-likeness (QED) is 0.618. The van der Waals surface area contributed by atoms with Crippen LogP contribution in [-0.4, -0.2) is 16.1 Å². The number of carbonyl (C=O) groups excluding carboxylic acids is 2. The molecule has 6 heteroatoms. The van der Waals surface area contributed by atoms with Crippen LogP contribution in [0.15, 0.2) is 27.8 Å². The molecule has 0 aromatic carbocycles. The molecule has 2 aliphatic rings. The Morgan fingerprint density at radius 3 is 2.84 bits per heavy atom. The third-order valence-electron chi connectivity index (χ3n) is 4.37. The number of rotatable bonds is 1. The number of hydrogen-bond donors (Lipinski definition) is 1. The highest BCUT2D eigenvalue weighted by molar-refractivity contribution is 8.18. The Hall–Kier alpha value is -2.52. The van der Waals surface area contributed by atoms with Gasteiger partial charge >= 0.3 is 0 Å². The Morgan fingerprint density at radius 1 is 1.24 bits per heavy atom. The van der Waals surface area contributed by atoms with Gasteiger partial charge in [0.15, 0.2) is 5.58 Å². The summed E-state index contributed by atoms with van der Waals surface area (Å²) in [6.45, 7) is 0. The minimum atomic E-state index is -0.397. The zero-order valence-electron chi connectivity index (χ0n) is 13.5. The number of imide groups is 1. The van der Waals surface area contributed by atoms with E-state index in [4.69, 9.17) is 4.42 Å². The van der Waals surface area contributed by atoms with E-state index < -0.39 is 5.91 Å². The summed E-state index contributed by atoms with van der Waals surface area (Å²) in [5.74, 6) is 7.12. The van der Waals surface area contributed by atoms with Crippen molar-refractivity contribution in [2.75, 3.05) is 0 Å². The molecular weight excluding hydrogens is 336 g/mol. The van der Waals surface area contributed by atoms with Crippen molar-refractivity contribution < 1.29 is 14.0 Å². The standard InChI is InChI=1S/C19H16N2O3S/c22-18-16(25-19(23)21-18)9-15-8-14-11-20-10-13(17(14)24-15)7-6-12-4-2-1-3-5-12/h8-12H,1-5H2,(H,21,22,23). The van der Waals surface area contributed by atoms with E-state index in [9.17, 15) is 9.59 Å². The average molecular weight is 352 g/mol. The second-order valence-corrected chi connectivity index (χ2v) is 7.23. The van der Waals surface area contributed by atoms with Crippen LogP contribution in [0.1, 0.15) is 43.4 Å². The van der Waals surface area contributed by atoms with Gasteiger partial charge in [-0.05, 0) is 30.7 Å². The molecule has 1 saturated carbocycles. The molecule has 3 heterocycles. The second kappa shape index (κ2) is 6.77. The lowest BCUT2D eigenvalue weighted by molar-refractivity contribution is -0.115. The molecular formula is C19H16N2O3S. The molecule has 2 aromatic heterocycles. The molecule has 5 nitrogen and oxygen atoms in total. The van der Waals surface area contributed by atoms with Gasteiger partial charge in [0.25, 0.3) is 11.1 Å². The van der Waals surface area contributed by atoms with E-state index in [-0.39, 0.29) is 5.24 Å². The molecule has 4 rings (SSSR count). The van der Waals surface area contributed by atoms with Gasteiger partial charge in [-0.25, -0.2) is 0 Å². The van der Waals surface area contributed by atoms with Crippen LogP contribution >= 0.6 is 11.8 Å². The number of fused-ring (bicyclic) bond motifs is 1. The van der Waals surface area contributed by atoms with Crippen molar-refractivity contribution in [3.8, 4) is 11.8 Å². The molecule has 0 unspecified atom stereocenters. The molecule has 1 N–H and O–H groups in total. The van der Waals surface area contributed by atoms with Crippen molar-refractivity contribution in [2.24, 2.45) is 5.92 Å². The number of aromatic nitrogens is 1. The van der Waals surface area contributed by atoms with Gasteiger partial charge in [-0.15, -0.1) is 0 Å². The highest BCUT2D eigenvalue weighted by Crippen LogP contribution is 2.29. The SMILES string of the molecule is O=C1NC(=O)C(=Cc2cc3cncc(C#CC4CCCCC4)c3o2)S1. The number of carbonyl (C=O) groups is 2. The first-order valence-electron chi connectivity index (χ1n) is 8.33. The van der Waals surface area contributed by atoms with Crippen molar-refractivity contribution in [3.05, 3.63) is 34.7 Å². The fourth-order valence-corrected chi connectivity index (χ4v) is 3.78. The van der Waals surface area contributed by atoms with Crippen LogP contribution in [0.25, 0.3) is 17.0 Å². The number of pyridine rings is 1. The average Bonchev–Trinajstić information content (AvgIpc) is 3.16. The number of hydrogen-bond acceptors (Lipinski definition) is 5. The van der Waals surface area contributed by atoms with Gasteiger partial charge in [-0.2, -0.15) is 0 Å². The van der Waals surface area contributed by atoms with E-state index in [1.165, 1.54) is 19.3 Å². The smallest absolute Gasteiger partial charge is 0.290 e. The fraction of sp³-hybridized carbons (Fsp3) is 0.316. The summed E-state index contributed by atoms with van der Waals surface area (Å²) in [6, 6.07) is 1.80. The molecule has 0 spiro atoms. The Morgan fingerprint density at radius 2 is 2.08 bits per heavy atom. The van der Waals surface area contributed by atoms with Crippen molar-refractivity contribution in [2.45, 2.75) is 32.1 Å². The van der Waals surface area contributed by atoms with Crippen LogP contribution in [0, 0.1) is 17.8 Å². The lowest BCUT2D eigenvalue weighted by Crippen LogP contribution is -2.17. The van der Waals surface area contributed by atoms with E-state index in [0.717, 1.165) is 35.6 Å². The number of thioether (sulfide) groups is 1. The molecule has 2 amide bonds. The highest BCUT2D eigenvalue weighted by atomic mass is 32.2. The minimum absolute atomic E-state index is 0.326. The van der Waals surface area contributed by atoms with Crippen LogP contribution in [0.4, 0.5) is 4.79 Å². The summed E-state index contributed by atoms with van der Waals surface area (Å²) >= 11 is 0.870. The van der Waals surface area contributed by atoms with E-state index in [1.54, 1.807) is 24.5 Å². The first kappa shape index (κ1) is 16.0. The zero-order chi connectivity index (χ0) is 17.2. The van der Waals surface area contributed by atoms with Crippen molar-refractivity contribution >= 4 is 40.0 Å². The summed E-state index contributed by atoms with van der Waals surface area (Å²) in [5, 5.41) is 2.69. The Bertz CT molecular complexity index is 942. The number of nitrogens with one attached hydrogen (secondary N) is 1. The Balaban J connectivity index is 1.65. The maximum Gasteiger partial charge on any atom is 0.290 e. The molecule has 2 aromatic rings. The van der Waals surface area contributed by atoms with Crippen LogP contribution in [-0.2, 0) is 4.79 Å². The summed E-state index contributed by atoms with van der Waals surface area (Å²) in [5.41, 5.74) is 1.42. The van der Waals surface area contributed by atoms with Crippen molar-refractivity contribution in [3.63, 3.8) is 0 Å².